The molecular formula is C17H16I2N2O4. The van der Waals surface area contributed by atoms with Gasteiger partial charge in [0, 0.05) is 18.9 Å². The summed E-state index contributed by atoms with van der Waals surface area (Å²) in [5.74, 6) is -0.873. The van der Waals surface area contributed by atoms with Crippen LogP contribution in [0.2, 0.25) is 0 Å². The van der Waals surface area contributed by atoms with Crippen LogP contribution in [0, 0.1) is 7.14 Å². The third-order valence-corrected chi connectivity index (χ3v) is 4.78. The molecular weight excluding hydrogens is 550 g/mol. The number of rotatable bonds is 7. The molecule has 0 bridgehead atoms. The Morgan fingerprint density at radius 1 is 1.08 bits per heavy atom. The molecule has 0 atom stereocenters. The first-order valence-corrected chi connectivity index (χ1v) is 9.63. The summed E-state index contributed by atoms with van der Waals surface area (Å²) in [5.41, 5.74) is 1.06. The Kier molecular flexibility index (Phi) is 7.88. The molecule has 0 saturated carbocycles. The second kappa shape index (κ2) is 9.90. The number of nitrogens with one attached hydrogen (secondary N) is 1. The number of esters is 1. The Balaban J connectivity index is 1.72. The topological polar surface area (TPSA) is 77.4 Å². The molecule has 6 nitrogen and oxygen atoms in total. The zero-order valence-corrected chi connectivity index (χ0v) is 17.5. The summed E-state index contributed by atoms with van der Waals surface area (Å²) < 4.78 is 7.58. The molecule has 1 N–H and O–H groups in total. The van der Waals surface area contributed by atoms with E-state index in [1.165, 1.54) is 0 Å². The summed E-state index contributed by atoms with van der Waals surface area (Å²) >= 11 is 3.84. The van der Waals surface area contributed by atoms with Crippen LogP contribution in [0.15, 0.2) is 47.5 Å². The van der Waals surface area contributed by atoms with E-state index in [0.717, 1.165) is 12.0 Å². The summed E-state index contributed by atoms with van der Waals surface area (Å²) in [6.45, 7) is 0.113. The van der Waals surface area contributed by atoms with E-state index in [9.17, 15) is 14.4 Å². The zero-order valence-electron chi connectivity index (χ0n) is 13.2. The molecule has 0 unspecified atom stereocenters. The molecule has 0 saturated heterocycles. The van der Waals surface area contributed by atoms with Gasteiger partial charge in [0.25, 0.3) is 5.91 Å². The van der Waals surface area contributed by atoms with Crippen LogP contribution >= 0.6 is 45.2 Å². The van der Waals surface area contributed by atoms with Gasteiger partial charge in [-0.15, -0.1) is 0 Å². The van der Waals surface area contributed by atoms with Crippen LogP contribution in [0.4, 0.5) is 0 Å². The monoisotopic (exact) mass is 566 g/mol. The fourth-order valence-electron chi connectivity index (χ4n) is 2.03. The van der Waals surface area contributed by atoms with Crippen molar-refractivity contribution in [2.45, 2.75) is 13.0 Å². The molecule has 0 spiro atoms. The van der Waals surface area contributed by atoms with Crippen LogP contribution in [0.25, 0.3) is 0 Å². The third-order valence-electron chi connectivity index (χ3n) is 3.25. The van der Waals surface area contributed by atoms with Crippen LogP contribution < -0.4 is 10.7 Å². The maximum absolute atomic E-state index is 11.8. The van der Waals surface area contributed by atoms with E-state index in [1.807, 2.05) is 75.5 Å². The zero-order chi connectivity index (χ0) is 18.2. The fraction of sp³-hybridized carbons (Fsp3) is 0.235. The molecule has 25 heavy (non-hydrogen) atoms. The number of nitrogens with zero attached hydrogens (tertiary/aromatic N) is 1. The average molecular weight is 566 g/mol. The predicted octanol–water partition coefficient (Wildman–Crippen LogP) is 1.96. The lowest BCUT2D eigenvalue weighted by atomic mass is 10.1. The Morgan fingerprint density at radius 2 is 1.72 bits per heavy atom. The first kappa shape index (κ1) is 19.9. The van der Waals surface area contributed by atoms with Crippen molar-refractivity contribution in [2.24, 2.45) is 0 Å². The molecule has 2 aromatic rings. The lowest BCUT2D eigenvalue weighted by Crippen LogP contribution is -2.31. The number of carbonyl (C=O) groups is 2. The Hall–Kier alpha value is -1.43. The van der Waals surface area contributed by atoms with E-state index in [1.54, 1.807) is 17.0 Å². The van der Waals surface area contributed by atoms with Gasteiger partial charge in [-0.1, -0.05) is 30.3 Å². The largest absolute Gasteiger partial charge is 0.454 e. The minimum Gasteiger partial charge on any atom is -0.454 e. The highest BCUT2D eigenvalue weighted by Gasteiger charge is 2.10. The SMILES string of the molecule is O=C(COC(=O)Cn1cc(I)c(=O)c(I)c1)NCCc1ccccc1. The van der Waals surface area contributed by atoms with Crippen molar-refractivity contribution in [3.8, 4) is 0 Å². The fourth-order valence-corrected chi connectivity index (χ4v) is 3.85. The maximum atomic E-state index is 11.8. The number of aromatic nitrogens is 1. The van der Waals surface area contributed by atoms with Gasteiger partial charge in [-0.3, -0.25) is 14.4 Å². The van der Waals surface area contributed by atoms with Crippen molar-refractivity contribution >= 4 is 57.1 Å². The second-order valence-corrected chi connectivity index (χ2v) is 7.53. The molecule has 0 aliphatic rings. The predicted molar refractivity (Wildman–Crippen MR) is 110 cm³/mol. The highest BCUT2D eigenvalue weighted by molar-refractivity contribution is 14.1. The van der Waals surface area contributed by atoms with Gasteiger partial charge in [0.1, 0.15) is 6.54 Å². The van der Waals surface area contributed by atoms with Crippen LogP contribution in [-0.4, -0.2) is 29.6 Å². The van der Waals surface area contributed by atoms with Gasteiger partial charge in [-0.05, 0) is 57.2 Å². The molecule has 2 rings (SSSR count). The van der Waals surface area contributed by atoms with E-state index in [0.29, 0.717) is 13.7 Å². The number of pyridine rings is 1. The minimum absolute atomic E-state index is 0.0520. The molecule has 132 valence electrons. The first-order valence-electron chi connectivity index (χ1n) is 7.47. The van der Waals surface area contributed by atoms with Gasteiger partial charge in [-0.2, -0.15) is 0 Å². The normalized spacial score (nSPS) is 10.3. The highest BCUT2D eigenvalue weighted by atomic mass is 127. The maximum Gasteiger partial charge on any atom is 0.326 e. The minimum atomic E-state index is -0.534. The van der Waals surface area contributed by atoms with Crippen LogP contribution in [-0.2, 0) is 27.3 Å². The molecule has 0 fully saturated rings. The Labute approximate surface area is 172 Å². The molecule has 1 aromatic carbocycles. The second-order valence-electron chi connectivity index (χ2n) is 5.20. The van der Waals surface area contributed by atoms with Gasteiger partial charge >= 0.3 is 5.97 Å². The van der Waals surface area contributed by atoms with E-state index in [-0.39, 0.29) is 24.5 Å². The van der Waals surface area contributed by atoms with E-state index < -0.39 is 5.97 Å². The third kappa shape index (κ3) is 6.77. The van der Waals surface area contributed by atoms with Crippen LogP contribution in [0.1, 0.15) is 5.56 Å². The van der Waals surface area contributed by atoms with Crippen molar-refractivity contribution in [1.82, 2.24) is 9.88 Å². The molecule has 1 aromatic heterocycles. The summed E-state index contributed by atoms with van der Waals surface area (Å²) in [7, 11) is 0. The van der Waals surface area contributed by atoms with Gasteiger partial charge in [-0.25, -0.2) is 0 Å². The molecule has 0 aliphatic heterocycles. The van der Waals surface area contributed by atoms with Gasteiger partial charge < -0.3 is 14.6 Å². The molecule has 0 radical (unpaired) electrons. The number of hydrogen-bond acceptors (Lipinski definition) is 4. The van der Waals surface area contributed by atoms with Gasteiger partial charge in [0.2, 0.25) is 5.43 Å². The van der Waals surface area contributed by atoms with Crippen LogP contribution in [0.5, 0.6) is 0 Å². The van der Waals surface area contributed by atoms with Crippen molar-refractivity contribution in [3.63, 3.8) is 0 Å². The molecule has 8 heteroatoms. The number of benzene rings is 1. The summed E-state index contributed by atoms with van der Waals surface area (Å²) in [5, 5.41) is 2.71. The van der Waals surface area contributed by atoms with E-state index >= 15 is 0 Å². The van der Waals surface area contributed by atoms with E-state index in [2.05, 4.69) is 5.32 Å². The van der Waals surface area contributed by atoms with Gasteiger partial charge in [0.15, 0.2) is 6.61 Å². The summed E-state index contributed by atoms with van der Waals surface area (Å²) in [4.78, 5) is 35.1. The molecule has 1 heterocycles. The number of carbonyl (C=O) groups excluding carboxylic acids is 2. The van der Waals surface area contributed by atoms with Crippen molar-refractivity contribution < 1.29 is 14.3 Å². The molecule has 1 amide bonds. The molecule has 0 aliphatic carbocycles. The van der Waals surface area contributed by atoms with E-state index in [4.69, 9.17) is 4.74 Å². The Bertz CT molecular complexity index is 780. The Morgan fingerprint density at radius 3 is 2.36 bits per heavy atom. The standard InChI is InChI=1S/C17H16I2N2O4/c18-13-8-21(9-14(19)17(13)24)10-16(23)25-11-15(22)20-7-6-12-4-2-1-3-5-12/h1-5,8-9H,6-7,10-11H2,(H,20,22). The number of halogens is 2. The first-order chi connectivity index (χ1) is 12.0. The van der Waals surface area contributed by atoms with Crippen LogP contribution in [0.3, 0.4) is 0 Å². The highest BCUT2D eigenvalue weighted by Crippen LogP contribution is 2.04. The summed E-state index contributed by atoms with van der Waals surface area (Å²) in [6, 6.07) is 9.79. The lowest BCUT2D eigenvalue weighted by molar-refractivity contribution is -0.149. The van der Waals surface area contributed by atoms with Crippen molar-refractivity contribution in [2.75, 3.05) is 13.2 Å². The number of hydrogen-bond donors (Lipinski definition) is 1. The average Bonchev–Trinajstić information content (AvgIpc) is 2.59. The van der Waals surface area contributed by atoms with Gasteiger partial charge in [0.05, 0.1) is 7.14 Å². The summed E-state index contributed by atoms with van der Waals surface area (Å²) in [6.07, 6.45) is 3.87. The van der Waals surface area contributed by atoms with Crippen molar-refractivity contribution in [1.29, 1.82) is 0 Å². The number of amides is 1. The van der Waals surface area contributed by atoms with Crippen molar-refractivity contribution in [3.05, 3.63) is 65.7 Å². The number of ether oxygens (including phenoxy) is 1. The lowest BCUT2D eigenvalue weighted by Gasteiger charge is -2.09. The quantitative estimate of drug-likeness (QED) is 0.411. The smallest absolute Gasteiger partial charge is 0.326 e.